The highest BCUT2D eigenvalue weighted by Gasteiger charge is 2.25. The van der Waals surface area contributed by atoms with Crippen LogP contribution in [0.5, 0.6) is 0 Å². The second kappa shape index (κ2) is 8.94. The molecule has 0 amide bonds. The fraction of sp³-hybridized carbons (Fsp3) is 0.833. The summed E-state index contributed by atoms with van der Waals surface area (Å²) in [5.41, 5.74) is 2.69. The number of aromatic nitrogens is 2. The van der Waals surface area contributed by atoms with Crippen LogP contribution >= 0.6 is 0 Å². The Morgan fingerprint density at radius 2 is 2.17 bits per heavy atom. The van der Waals surface area contributed by atoms with Gasteiger partial charge in [-0.2, -0.15) is 5.10 Å². The molecule has 0 aromatic carbocycles. The van der Waals surface area contributed by atoms with Crippen LogP contribution in [0.4, 0.5) is 0 Å². The van der Waals surface area contributed by atoms with Crippen molar-refractivity contribution in [2.24, 2.45) is 0 Å². The van der Waals surface area contributed by atoms with Gasteiger partial charge in [0.05, 0.1) is 5.69 Å². The number of nitrogens with one attached hydrogen (secondary N) is 2. The van der Waals surface area contributed by atoms with Crippen molar-refractivity contribution >= 4 is 0 Å². The monoisotopic (exact) mass is 335 g/mol. The summed E-state index contributed by atoms with van der Waals surface area (Å²) in [5, 5.41) is 11.7. The molecule has 1 aromatic heterocycles. The van der Waals surface area contributed by atoms with Crippen molar-refractivity contribution in [1.82, 2.24) is 25.3 Å². The summed E-state index contributed by atoms with van der Waals surface area (Å²) in [4.78, 5) is 2.38. The fourth-order valence-electron chi connectivity index (χ4n) is 3.76. The molecule has 136 valence electrons. The lowest BCUT2D eigenvalue weighted by molar-refractivity contribution is -0.0398. The molecule has 0 spiro atoms. The van der Waals surface area contributed by atoms with Crippen molar-refractivity contribution in [1.29, 1.82) is 0 Å². The van der Waals surface area contributed by atoms with E-state index in [0.717, 1.165) is 45.8 Å². The van der Waals surface area contributed by atoms with E-state index in [2.05, 4.69) is 33.5 Å². The maximum absolute atomic E-state index is 5.95. The Morgan fingerprint density at radius 1 is 1.33 bits per heavy atom. The highest BCUT2D eigenvalue weighted by atomic mass is 16.5. The minimum Gasteiger partial charge on any atom is -0.357 e. The zero-order valence-electron chi connectivity index (χ0n) is 15.3. The molecular weight excluding hydrogens is 302 g/mol. The van der Waals surface area contributed by atoms with E-state index < -0.39 is 0 Å². The summed E-state index contributed by atoms with van der Waals surface area (Å²) in [5.74, 6) is 0.587. The molecule has 3 rings (SSSR count). The first kappa shape index (κ1) is 17.9. The van der Waals surface area contributed by atoms with Crippen molar-refractivity contribution in [2.45, 2.75) is 50.8 Å². The van der Waals surface area contributed by atoms with E-state index in [9.17, 15) is 0 Å². The van der Waals surface area contributed by atoms with E-state index in [1.807, 2.05) is 7.05 Å². The van der Waals surface area contributed by atoms with Gasteiger partial charge in [0.15, 0.2) is 0 Å². The van der Waals surface area contributed by atoms with Crippen molar-refractivity contribution < 1.29 is 4.74 Å². The number of hydrogen-bond acceptors (Lipinski definition) is 5. The summed E-state index contributed by atoms with van der Waals surface area (Å²) in [6.07, 6.45) is 8.27. The summed E-state index contributed by atoms with van der Waals surface area (Å²) in [7, 11) is 4.20. The van der Waals surface area contributed by atoms with Crippen LogP contribution in [0.1, 0.15) is 55.5 Å². The standard InChI is InChI=1S/C18H33N5O/c1-19-10-11-22(2)13-16-14-23(17-5-3-4-12-24-17)21-18(16)15-6-8-20-9-7-15/h14-15,17,19-20H,3-13H2,1-2H3. The molecule has 0 bridgehead atoms. The van der Waals surface area contributed by atoms with Gasteiger partial charge in [0.1, 0.15) is 6.23 Å². The molecule has 3 heterocycles. The Morgan fingerprint density at radius 3 is 2.88 bits per heavy atom. The van der Waals surface area contributed by atoms with E-state index in [1.54, 1.807) is 0 Å². The molecule has 0 aliphatic carbocycles. The van der Waals surface area contributed by atoms with E-state index >= 15 is 0 Å². The minimum atomic E-state index is 0.135. The molecule has 2 fully saturated rings. The van der Waals surface area contributed by atoms with Crippen LogP contribution in [-0.4, -0.2) is 61.6 Å². The first-order chi connectivity index (χ1) is 11.8. The molecule has 0 radical (unpaired) electrons. The number of hydrogen-bond donors (Lipinski definition) is 2. The summed E-state index contributed by atoms with van der Waals surface area (Å²) in [6, 6.07) is 0. The lowest BCUT2D eigenvalue weighted by atomic mass is 9.92. The Bertz CT molecular complexity index is 492. The molecule has 2 N–H and O–H groups in total. The largest absolute Gasteiger partial charge is 0.357 e. The van der Waals surface area contributed by atoms with Crippen molar-refractivity contribution in [3.63, 3.8) is 0 Å². The zero-order chi connectivity index (χ0) is 16.8. The Kier molecular flexibility index (Phi) is 6.66. The van der Waals surface area contributed by atoms with Gasteiger partial charge < -0.3 is 20.3 Å². The van der Waals surface area contributed by atoms with Crippen LogP contribution in [0.25, 0.3) is 0 Å². The highest BCUT2D eigenvalue weighted by Crippen LogP contribution is 2.30. The van der Waals surface area contributed by atoms with Gasteiger partial charge in [0.25, 0.3) is 0 Å². The number of ether oxygens (including phenoxy) is 1. The molecule has 6 heteroatoms. The van der Waals surface area contributed by atoms with Gasteiger partial charge >= 0.3 is 0 Å². The predicted octanol–water partition coefficient (Wildman–Crippen LogP) is 1.70. The van der Waals surface area contributed by atoms with E-state index in [1.165, 1.54) is 36.9 Å². The second-order valence-electron chi connectivity index (χ2n) is 7.21. The van der Waals surface area contributed by atoms with Crippen LogP contribution in [0.15, 0.2) is 6.20 Å². The molecule has 2 aliphatic rings. The van der Waals surface area contributed by atoms with Gasteiger partial charge in [-0.15, -0.1) is 0 Å². The summed E-state index contributed by atoms with van der Waals surface area (Å²) < 4.78 is 8.06. The van der Waals surface area contributed by atoms with Crippen LogP contribution in [0, 0.1) is 0 Å². The fourth-order valence-corrected chi connectivity index (χ4v) is 3.76. The Hall–Kier alpha value is -0.950. The number of likely N-dealkylation sites (N-methyl/N-ethyl adjacent to an activating group) is 2. The second-order valence-corrected chi connectivity index (χ2v) is 7.21. The van der Waals surface area contributed by atoms with E-state index in [0.29, 0.717) is 5.92 Å². The van der Waals surface area contributed by atoms with Gasteiger partial charge in [0, 0.05) is 43.9 Å². The maximum Gasteiger partial charge on any atom is 0.150 e. The van der Waals surface area contributed by atoms with Crippen LogP contribution in [0.3, 0.4) is 0 Å². The summed E-state index contributed by atoms with van der Waals surface area (Å²) in [6.45, 7) is 6.10. The molecule has 2 saturated heterocycles. The average molecular weight is 335 g/mol. The van der Waals surface area contributed by atoms with Crippen molar-refractivity contribution in [3.05, 3.63) is 17.5 Å². The van der Waals surface area contributed by atoms with E-state index in [4.69, 9.17) is 9.84 Å². The molecule has 1 atom stereocenters. The molecule has 1 aromatic rings. The van der Waals surface area contributed by atoms with Crippen molar-refractivity contribution in [3.8, 4) is 0 Å². The Labute approximate surface area is 145 Å². The van der Waals surface area contributed by atoms with E-state index in [-0.39, 0.29) is 6.23 Å². The van der Waals surface area contributed by atoms with Crippen LogP contribution in [-0.2, 0) is 11.3 Å². The molecule has 0 saturated carbocycles. The molecule has 1 unspecified atom stereocenters. The molecule has 2 aliphatic heterocycles. The third kappa shape index (κ3) is 4.57. The number of nitrogens with zero attached hydrogens (tertiary/aromatic N) is 3. The normalized spacial score (nSPS) is 23.0. The SMILES string of the molecule is CNCCN(C)Cc1cn(C2CCCCO2)nc1C1CCNCC1. The predicted molar refractivity (Wildman–Crippen MR) is 96.2 cm³/mol. The van der Waals surface area contributed by atoms with Crippen LogP contribution in [0.2, 0.25) is 0 Å². The smallest absolute Gasteiger partial charge is 0.150 e. The highest BCUT2D eigenvalue weighted by molar-refractivity contribution is 5.22. The average Bonchev–Trinajstić information content (AvgIpc) is 3.05. The molecular formula is C18H33N5O. The maximum atomic E-state index is 5.95. The quantitative estimate of drug-likeness (QED) is 0.794. The zero-order valence-corrected chi connectivity index (χ0v) is 15.3. The van der Waals surface area contributed by atoms with Gasteiger partial charge in [-0.25, -0.2) is 4.68 Å². The first-order valence-corrected chi connectivity index (χ1v) is 9.51. The third-order valence-electron chi connectivity index (χ3n) is 5.20. The minimum absolute atomic E-state index is 0.135. The van der Waals surface area contributed by atoms with Gasteiger partial charge in [-0.05, 0) is 59.3 Å². The van der Waals surface area contributed by atoms with Gasteiger partial charge in [0.2, 0.25) is 0 Å². The summed E-state index contributed by atoms with van der Waals surface area (Å²) >= 11 is 0. The lowest BCUT2D eigenvalue weighted by Gasteiger charge is -2.24. The van der Waals surface area contributed by atoms with Gasteiger partial charge in [-0.3, -0.25) is 0 Å². The van der Waals surface area contributed by atoms with Crippen molar-refractivity contribution in [2.75, 3.05) is 46.9 Å². The molecule has 24 heavy (non-hydrogen) atoms. The molecule has 6 nitrogen and oxygen atoms in total. The topological polar surface area (TPSA) is 54.4 Å². The Balaban J connectivity index is 1.76. The lowest BCUT2D eigenvalue weighted by Crippen LogP contribution is -2.29. The number of piperidine rings is 1. The van der Waals surface area contributed by atoms with Crippen LogP contribution < -0.4 is 10.6 Å². The van der Waals surface area contributed by atoms with Gasteiger partial charge in [-0.1, -0.05) is 0 Å². The number of rotatable bonds is 7. The first-order valence-electron chi connectivity index (χ1n) is 9.51. The third-order valence-corrected chi connectivity index (χ3v) is 5.20.